The predicted octanol–water partition coefficient (Wildman–Crippen LogP) is -2.10. The summed E-state index contributed by atoms with van der Waals surface area (Å²) in [6.07, 6.45) is 1.93. The Labute approximate surface area is 325 Å². The van der Waals surface area contributed by atoms with E-state index in [1.807, 2.05) is 0 Å². The van der Waals surface area contributed by atoms with Crippen molar-refractivity contribution in [3.63, 3.8) is 0 Å². The molecule has 1 aromatic rings. The van der Waals surface area contributed by atoms with Crippen LogP contribution in [0.1, 0.15) is 77.2 Å². The maximum atomic E-state index is 13.9. The summed E-state index contributed by atoms with van der Waals surface area (Å²) < 4.78 is 0. The average Bonchev–Trinajstić information content (AvgIpc) is 3.67. The van der Waals surface area contributed by atoms with Crippen LogP contribution in [0, 0.1) is 5.92 Å². The molecule has 15 N–H and O–H groups in total. The minimum Gasteiger partial charge on any atom is -0.508 e. The zero-order chi connectivity index (χ0) is 41.8. The molecule has 1 heterocycles. The Kier molecular flexibility index (Phi) is 20.1. The predicted molar refractivity (Wildman–Crippen MR) is 205 cm³/mol. The van der Waals surface area contributed by atoms with Gasteiger partial charge in [-0.25, -0.2) is 4.79 Å². The monoisotopic (exact) mass is 790 g/mol. The van der Waals surface area contributed by atoms with E-state index in [2.05, 4.69) is 36.9 Å². The number of hydrogen-bond donors (Lipinski definition) is 12. The smallest absolute Gasteiger partial charge is 0.326 e. The Morgan fingerprint density at radius 2 is 1.34 bits per heavy atom. The maximum absolute atomic E-state index is 13.9. The summed E-state index contributed by atoms with van der Waals surface area (Å²) in [5.74, 6) is -6.97. The van der Waals surface area contributed by atoms with Crippen LogP contribution in [0.4, 0.5) is 0 Å². The van der Waals surface area contributed by atoms with Crippen LogP contribution in [0.15, 0.2) is 29.3 Å². The summed E-state index contributed by atoms with van der Waals surface area (Å²) in [4.78, 5) is 94.9. The van der Waals surface area contributed by atoms with Crippen LogP contribution in [0.5, 0.6) is 5.75 Å². The number of aromatic hydroxyl groups is 1. The van der Waals surface area contributed by atoms with Crippen LogP contribution in [0.25, 0.3) is 0 Å². The summed E-state index contributed by atoms with van der Waals surface area (Å²) in [5.41, 5.74) is 17.0. The number of carbonyl (C=O) groups is 7. The van der Waals surface area contributed by atoms with E-state index >= 15 is 0 Å². The average molecular weight is 791 g/mol. The molecule has 312 valence electrons. The van der Waals surface area contributed by atoms with E-state index in [9.17, 15) is 43.8 Å². The highest BCUT2D eigenvalue weighted by Gasteiger charge is 2.34. The second-order valence-electron chi connectivity index (χ2n) is 14.1. The number of phenolic OH excluding ortho intramolecular Hbond substituents is 1. The number of unbranched alkanes of at least 4 members (excludes halogenated alkanes) is 1. The van der Waals surface area contributed by atoms with Crippen molar-refractivity contribution in [2.24, 2.45) is 28.1 Å². The van der Waals surface area contributed by atoms with E-state index < -0.39 is 78.2 Å². The van der Waals surface area contributed by atoms with E-state index in [1.54, 1.807) is 13.8 Å². The number of phenols is 1. The number of carbonyl (C=O) groups excluding carboxylic acids is 5. The van der Waals surface area contributed by atoms with E-state index in [0.29, 0.717) is 44.3 Å². The number of guanidine groups is 1. The standard InChI is InChI=1S/C36H58N10O10/c1-20(2)17-26(33(53)45-27(18-21-10-12-22(47)13-11-21)34(54)46-28(35(55)56)19-29(48)49)44-32(52)24(7-3-4-14-37)43-31(51)25(9-6-16-41-36(38)39)42-30(50)23-8-5-15-40-23/h10-13,20,23-28,40,47H,3-9,14-19,37H2,1-2H3,(H,42,50)(H,43,51)(H,44,52)(H,45,53)(H,46,54)(H,48,49)(H,55,56)(H4,38,39,41)/t23-,24-,25-,26-,27-,28-/m0/s1. The fourth-order valence-electron chi connectivity index (χ4n) is 5.96. The quantitative estimate of drug-likeness (QED) is 0.0287. The van der Waals surface area contributed by atoms with Crippen molar-refractivity contribution in [3.05, 3.63) is 29.8 Å². The lowest BCUT2D eigenvalue weighted by atomic mass is 9.99. The van der Waals surface area contributed by atoms with E-state index in [1.165, 1.54) is 24.3 Å². The van der Waals surface area contributed by atoms with Gasteiger partial charge >= 0.3 is 11.9 Å². The van der Waals surface area contributed by atoms with Crippen molar-refractivity contribution in [1.82, 2.24) is 31.9 Å². The molecule has 56 heavy (non-hydrogen) atoms. The molecule has 1 aromatic carbocycles. The Hall–Kier alpha value is -5.50. The number of carboxylic acids is 2. The first-order valence-electron chi connectivity index (χ1n) is 18.7. The van der Waals surface area contributed by atoms with Crippen molar-refractivity contribution < 1.29 is 48.9 Å². The Morgan fingerprint density at radius 3 is 1.89 bits per heavy atom. The first-order valence-corrected chi connectivity index (χ1v) is 18.7. The van der Waals surface area contributed by atoms with Crippen LogP contribution in [0.3, 0.4) is 0 Å². The van der Waals surface area contributed by atoms with Crippen LogP contribution < -0.4 is 49.1 Å². The van der Waals surface area contributed by atoms with Gasteiger partial charge in [-0.05, 0) is 88.1 Å². The van der Waals surface area contributed by atoms with Gasteiger partial charge in [-0.2, -0.15) is 0 Å². The fraction of sp³-hybridized carbons (Fsp3) is 0.611. The number of hydrogen-bond acceptors (Lipinski definition) is 11. The third kappa shape index (κ3) is 17.3. The molecule has 6 atom stereocenters. The molecule has 1 saturated heterocycles. The van der Waals surface area contributed by atoms with Gasteiger partial charge in [-0.15, -0.1) is 0 Å². The van der Waals surface area contributed by atoms with E-state index in [4.69, 9.17) is 22.3 Å². The molecule has 0 saturated carbocycles. The molecule has 0 unspecified atom stereocenters. The zero-order valence-corrected chi connectivity index (χ0v) is 31.9. The zero-order valence-electron chi connectivity index (χ0n) is 31.9. The number of nitrogens with one attached hydrogen (secondary N) is 6. The molecule has 0 aliphatic carbocycles. The molecule has 5 amide bonds. The number of nitrogens with zero attached hydrogens (tertiary/aromatic N) is 1. The van der Waals surface area contributed by atoms with E-state index in [0.717, 1.165) is 6.42 Å². The first kappa shape index (κ1) is 46.7. The number of aliphatic imine (C=N–C) groups is 1. The fourth-order valence-corrected chi connectivity index (χ4v) is 5.96. The van der Waals surface area contributed by atoms with Crippen molar-refractivity contribution in [2.75, 3.05) is 19.6 Å². The molecule has 1 fully saturated rings. The van der Waals surface area contributed by atoms with Gasteiger partial charge in [0, 0.05) is 13.0 Å². The Morgan fingerprint density at radius 1 is 0.786 bits per heavy atom. The third-order valence-electron chi connectivity index (χ3n) is 8.88. The molecular formula is C36H58N10O10. The first-order chi connectivity index (χ1) is 26.5. The van der Waals surface area contributed by atoms with Crippen LogP contribution in [0.2, 0.25) is 0 Å². The minimum atomic E-state index is -1.81. The van der Waals surface area contributed by atoms with Gasteiger partial charge in [0.25, 0.3) is 0 Å². The van der Waals surface area contributed by atoms with Gasteiger partial charge in [-0.3, -0.25) is 33.8 Å². The summed E-state index contributed by atoms with van der Waals surface area (Å²) in [5, 5.41) is 44.4. The van der Waals surface area contributed by atoms with Crippen LogP contribution in [-0.2, 0) is 40.0 Å². The second-order valence-corrected chi connectivity index (χ2v) is 14.1. The van der Waals surface area contributed by atoms with Crippen molar-refractivity contribution in [2.45, 2.75) is 114 Å². The normalized spacial score (nSPS) is 16.3. The molecular weight excluding hydrogens is 732 g/mol. The number of nitrogens with two attached hydrogens (primary N) is 3. The Balaban J connectivity index is 2.34. The van der Waals surface area contributed by atoms with E-state index in [-0.39, 0.29) is 55.8 Å². The van der Waals surface area contributed by atoms with Gasteiger partial charge in [0.1, 0.15) is 36.0 Å². The topological polar surface area (TPSA) is 343 Å². The lowest BCUT2D eigenvalue weighted by Crippen LogP contribution is -2.59. The molecule has 2 rings (SSSR count). The molecule has 0 radical (unpaired) electrons. The summed E-state index contributed by atoms with van der Waals surface area (Å²) >= 11 is 0. The van der Waals surface area contributed by atoms with Gasteiger partial charge in [0.05, 0.1) is 12.5 Å². The van der Waals surface area contributed by atoms with Crippen LogP contribution in [-0.4, -0.2) is 119 Å². The SMILES string of the molecule is CC(C)C[C@H](NC(=O)[C@H](CCCCN)NC(=O)[C@H](CCCN=C(N)N)NC(=O)[C@@H]1CCCN1)C(=O)N[C@@H](Cc1ccc(O)cc1)C(=O)N[C@@H](CC(=O)O)C(=O)O. The van der Waals surface area contributed by atoms with Crippen LogP contribution >= 0.6 is 0 Å². The minimum absolute atomic E-state index is 0.0653. The lowest BCUT2D eigenvalue weighted by molar-refractivity contribution is -0.147. The molecule has 1 aliphatic rings. The van der Waals surface area contributed by atoms with Crippen molar-refractivity contribution >= 4 is 47.4 Å². The summed E-state index contributed by atoms with van der Waals surface area (Å²) in [6.45, 7) is 4.76. The Bertz CT molecular complexity index is 1510. The highest BCUT2D eigenvalue weighted by atomic mass is 16.4. The molecule has 1 aliphatic heterocycles. The van der Waals surface area contributed by atoms with Gasteiger partial charge in [-0.1, -0.05) is 26.0 Å². The number of amides is 5. The second kappa shape index (κ2) is 24.1. The largest absolute Gasteiger partial charge is 0.508 e. The third-order valence-corrected chi connectivity index (χ3v) is 8.88. The van der Waals surface area contributed by atoms with Crippen molar-refractivity contribution in [1.29, 1.82) is 0 Å². The summed E-state index contributed by atoms with van der Waals surface area (Å²) in [6, 6.07) is -1.52. The molecule has 20 heteroatoms. The van der Waals surface area contributed by atoms with Gasteiger partial charge in [0.2, 0.25) is 29.5 Å². The van der Waals surface area contributed by atoms with Gasteiger partial charge in [0.15, 0.2) is 5.96 Å². The number of aliphatic carboxylic acids is 2. The number of carboxylic acid groups (broad SMARTS) is 2. The van der Waals surface area contributed by atoms with Crippen molar-refractivity contribution in [3.8, 4) is 5.75 Å². The highest BCUT2D eigenvalue weighted by Crippen LogP contribution is 2.14. The molecule has 0 aromatic heterocycles. The summed E-state index contributed by atoms with van der Waals surface area (Å²) in [7, 11) is 0. The van der Waals surface area contributed by atoms with Gasteiger partial charge < -0.3 is 64.4 Å². The number of benzene rings is 1. The molecule has 0 bridgehead atoms. The lowest BCUT2D eigenvalue weighted by Gasteiger charge is -2.28. The maximum Gasteiger partial charge on any atom is 0.326 e. The molecule has 0 spiro atoms. The molecule has 20 nitrogen and oxygen atoms in total. The highest BCUT2D eigenvalue weighted by molar-refractivity contribution is 5.96. The number of rotatable bonds is 25.